The van der Waals surface area contributed by atoms with Crippen molar-refractivity contribution in [1.29, 1.82) is 0 Å². The fourth-order valence-corrected chi connectivity index (χ4v) is 2.68. The predicted octanol–water partition coefficient (Wildman–Crippen LogP) is 1.69. The number of carbonyl (C=O) groups excluding carboxylic acids is 1. The van der Waals surface area contributed by atoms with E-state index in [1.807, 2.05) is 0 Å². The van der Waals surface area contributed by atoms with Crippen LogP contribution in [0, 0.1) is 5.92 Å². The minimum atomic E-state index is 0.133. The van der Waals surface area contributed by atoms with E-state index in [-0.39, 0.29) is 23.2 Å². The molecule has 2 unspecified atom stereocenters. The van der Waals surface area contributed by atoms with Crippen LogP contribution in [0.2, 0.25) is 0 Å². The summed E-state index contributed by atoms with van der Waals surface area (Å²) in [4.78, 5) is 11.9. The van der Waals surface area contributed by atoms with E-state index in [9.17, 15) is 4.79 Å². The number of amides is 1. The Morgan fingerprint density at radius 1 is 1.20 bits per heavy atom. The normalized spacial score (nSPS) is 32.9. The van der Waals surface area contributed by atoms with Gasteiger partial charge < -0.3 is 10.1 Å². The first-order valence-corrected chi connectivity index (χ1v) is 6.23. The lowest BCUT2D eigenvalue weighted by molar-refractivity contribution is -0.128. The van der Waals surface area contributed by atoms with Gasteiger partial charge in [0.2, 0.25) is 5.91 Å². The molecule has 0 aromatic heterocycles. The first-order valence-electron chi connectivity index (χ1n) is 5.79. The van der Waals surface area contributed by atoms with E-state index in [2.05, 4.69) is 5.32 Å². The fourth-order valence-electron chi connectivity index (χ4n) is 2.34. The molecular weight excluding hydrogens is 214 g/mol. The Labute approximate surface area is 95.5 Å². The molecule has 1 heterocycles. The van der Waals surface area contributed by atoms with E-state index in [0.717, 1.165) is 32.1 Å². The van der Waals surface area contributed by atoms with Crippen molar-refractivity contribution in [3.05, 3.63) is 0 Å². The molecule has 1 saturated carbocycles. The zero-order valence-electron chi connectivity index (χ0n) is 8.88. The first kappa shape index (κ1) is 11.2. The number of ether oxygens (including phenoxy) is 1. The van der Waals surface area contributed by atoms with Crippen molar-refractivity contribution in [2.24, 2.45) is 5.92 Å². The smallest absolute Gasteiger partial charge is 0.223 e. The van der Waals surface area contributed by atoms with Crippen LogP contribution in [0.1, 0.15) is 32.1 Å². The van der Waals surface area contributed by atoms with E-state index in [1.165, 1.54) is 0 Å². The molecule has 1 amide bonds. The number of hydrogen-bond donors (Lipinski definition) is 1. The summed E-state index contributed by atoms with van der Waals surface area (Å²) in [6, 6.07) is 0.196. The van der Waals surface area contributed by atoms with E-state index >= 15 is 0 Å². The Morgan fingerprint density at radius 2 is 1.93 bits per heavy atom. The molecule has 1 saturated heterocycles. The highest BCUT2D eigenvalue weighted by atomic mass is 35.5. The van der Waals surface area contributed by atoms with Crippen molar-refractivity contribution in [2.75, 3.05) is 13.2 Å². The zero-order chi connectivity index (χ0) is 10.7. The number of nitrogens with one attached hydrogen (secondary N) is 1. The van der Waals surface area contributed by atoms with Gasteiger partial charge in [0.15, 0.2) is 0 Å². The number of alkyl halides is 1. The van der Waals surface area contributed by atoms with Crippen molar-refractivity contribution in [1.82, 2.24) is 5.32 Å². The molecule has 1 N–H and O–H groups in total. The predicted molar refractivity (Wildman–Crippen MR) is 59.0 cm³/mol. The molecule has 2 atom stereocenters. The topological polar surface area (TPSA) is 38.3 Å². The van der Waals surface area contributed by atoms with Crippen molar-refractivity contribution < 1.29 is 9.53 Å². The summed E-state index contributed by atoms with van der Waals surface area (Å²) < 4.78 is 5.23. The van der Waals surface area contributed by atoms with Crippen LogP contribution in [0.4, 0.5) is 0 Å². The van der Waals surface area contributed by atoms with Gasteiger partial charge >= 0.3 is 0 Å². The second-order valence-corrected chi connectivity index (χ2v) is 5.01. The van der Waals surface area contributed by atoms with Gasteiger partial charge in [0.1, 0.15) is 0 Å². The van der Waals surface area contributed by atoms with Crippen LogP contribution in [0.5, 0.6) is 0 Å². The maximum atomic E-state index is 11.9. The summed E-state index contributed by atoms with van der Waals surface area (Å²) in [7, 11) is 0. The van der Waals surface area contributed by atoms with Gasteiger partial charge in [0.25, 0.3) is 0 Å². The number of hydrogen-bond acceptors (Lipinski definition) is 2. The Bertz CT molecular complexity index is 229. The van der Waals surface area contributed by atoms with Gasteiger partial charge in [-0.15, -0.1) is 11.6 Å². The Kier molecular flexibility index (Phi) is 3.87. The molecule has 0 aromatic carbocycles. The monoisotopic (exact) mass is 231 g/mol. The summed E-state index contributed by atoms with van der Waals surface area (Å²) in [6.07, 6.45) is 4.90. The lowest BCUT2D eigenvalue weighted by atomic mass is 9.99. The molecule has 2 rings (SSSR count). The third-order valence-electron chi connectivity index (χ3n) is 3.35. The van der Waals surface area contributed by atoms with Crippen LogP contribution in [0.25, 0.3) is 0 Å². The molecule has 0 aromatic rings. The summed E-state index contributed by atoms with van der Waals surface area (Å²) in [5.41, 5.74) is 0. The third kappa shape index (κ3) is 2.85. The molecule has 2 fully saturated rings. The minimum absolute atomic E-state index is 0.133. The standard InChI is InChI=1S/C11H18ClNO2/c12-9-2-1-3-10(9)13-11(14)8-4-6-15-7-5-8/h8-10H,1-7H2,(H,13,14). The van der Waals surface area contributed by atoms with Gasteiger partial charge in [-0.2, -0.15) is 0 Å². The number of rotatable bonds is 2. The van der Waals surface area contributed by atoms with Crippen LogP contribution in [-0.2, 0) is 9.53 Å². The van der Waals surface area contributed by atoms with E-state index < -0.39 is 0 Å². The third-order valence-corrected chi connectivity index (χ3v) is 3.87. The van der Waals surface area contributed by atoms with Gasteiger partial charge in [-0.05, 0) is 32.1 Å². The van der Waals surface area contributed by atoms with Crippen molar-refractivity contribution in [3.63, 3.8) is 0 Å². The minimum Gasteiger partial charge on any atom is -0.381 e. The van der Waals surface area contributed by atoms with Gasteiger partial charge in [-0.3, -0.25) is 4.79 Å². The SMILES string of the molecule is O=C(NC1CCCC1Cl)C1CCOCC1. The Morgan fingerprint density at radius 3 is 2.53 bits per heavy atom. The lowest BCUT2D eigenvalue weighted by Crippen LogP contribution is -2.42. The van der Waals surface area contributed by atoms with Crippen LogP contribution < -0.4 is 5.32 Å². The summed E-state index contributed by atoms with van der Waals surface area (Å²) in [6.45, 7) is 1.43. The number of halogens is 1. The summed E-state index contributed by atoms with van der Waals surface area (Å²) >= 11 is 6.12. The molecule has 3 nitrogen and oxygen atoms in total. The van der Waals surface area contributed by atoms with E-state index in [0.29, 0.717) is 13.2 Å². The average Bonchev–Trinajstić information content (AvgIpc) is 2.66. The van der Waals surface area contributed by atoms with E-state index in [1.54, 1.807) is 0 Å². The maximum Gasteiger partial charge on any atom is 0.223 e. The lowest BCUT2D eigenvalue weighted by Gasteiger charge is -2.24. The van der Waals surface area contributed by atoms with Crippen LogP contribution in [0.15, 0.2) is 0 Å². The quantitative estimate of drug-likeness (QED) is 0.735. The molecule has 1 aliphatic heterocycles. The highest BCUT2D eigenvalue weighted by Crippen LogP contribution is 2.25. The van der Waals surface area contributed by atoms with Gasteiger partial charge in [0.05, 0.1) is 5.38 Å². The van der Waals surface area contributed by atoms with Crippen LogP contribution in [0.3, 0.4) is 0 Å². The molecule has 0 bridgehead atoms. The average molecular weight is 232 g/mol. The first-order chi connectivity index (χ1) is 7.27. The maximum absolute atomic E-state index is 11.9. The molecule has 4 heteroatoms. The molecule has 1 aliphatic carbocycles. The Balaban J connectivity index is 1.80. The number of carbonyl (C=O) groups is 1. The molecule has 2 aliphatic rings. The largest absolute Gasteiger partial charge is 0.381 e. The fraction of sp³-hybridized carbons (Fsp3) is 0.909. The highest BCUT2D eigenvalue weighted by Gasteiger charge is 2.29. The second-order valence-electron chi connectivity index (χ2n) is 4.45. The second kappa shape index (κ2) is 5.17. The van der Waals surface area contributed by atoms with Crippen molar-refractivity contribution >= 4 is 17.5 Å². The highest BCUT2D eigenvalue weighted by molar-refractivity contribution is 6.21. The van der Waals surface area contributed by atoms with Crippen molar-refractivity contribution in [2.45, 2.75) is 43.5 Å². The summed E-state index contributed by atoms with van der Waals surface area (Å²) in [5, 5.41) is 3.21. The molecule has 0 spiro atoms. The molecule has 15 heavy (non-hydrogen) atoms. The van der Waals surface area contributed by atoms with Gasteiger partial charge in [0, 0.05) is 25.2 Å². The van der Waals surface area contributed by atoms with Crippen molar-refractivity contribution in [3.8, 4) is 0 Å². The molecule has 0 radical (unpaired) electrons. The van der Waals surface area contributed by atoms with Crippen LogP contribution >= 0.6 is 11.6 Å². The summed E-state index contributed by atoms with van der Waals surface area (Å²) in [5.74, 6) is 0.319. The van der Waals surface area contributed by atoms with Gasteiger partial charge in [-0.25, -0.2) is 0 Å². The zero-order valence-corrected chi connectivity index (χ0v) is 9.63. The molecular formula is C11H18ClNO2. The Hall–Kier alpha value is -0.280. The van der Waals surface area contributed by atoms with Crippen LogP contribution in [-0.4, -0.2) is 30.5 Å². The van der Waals surface area contributed by atoms with Gasteiger partial charge in [-0.1, -0.05) is 0 Å². The van der Waals surface area contributed by atoms with E-state index in [4.69, 9.17) is 16.3 Å². The molecule has 86 valence electrons.